The van der Waals surface area contributed by atoms with Crippen molar-refractivity contribution in [1.82, 2.24) is 0 Å². The Hall–Kier alpha value is -0.850. The predicted octanol–water partition coefficient (Wildman–Crippen LogP) is 4.06. The molecule has 1 nitrogen and oxygen atoms in total. The Balaban J connectivity index is 4.04. The molecule has 0 aliphatic heterocycles. The van der Waals surface area contributed by atoms with Crippen molar-refractivity contribution in [1.29, 1.82) is 0 Å². The van der Waals surface area contributed by atoms with E-state index in [9.17, 15) is 4.79 Å². The standard InChI is InChI=1S/C14H23O/c1-5-6-7-12(2)10-14(4)11-13(3)8-9-15/h6-7,11-13H,5,8,10H2,1-4H3/b7-6+,14-11+. The Morgan fingerprint density at radius 2 is 2.00 bits per heavy atom. The first-order valence-corrected chi connectivity index (χ1v) is 5.79. The third-order valence-corrected chi connectivity index (χ3v) is 2.32. The van der Waals surface area contributed by atoms with Crippen molar-refractivity contribution in [3.05, 3.63) is 23.8 Å². The Morgan fingerprint density at radius 1 is 1.33 bits per heavy atom. The molecule has 0 aromatic rings. The number of carbonyl (C=O) groups excluding carboxylic acids is 1. The van der Waals surface area contributed by atoms with Crippen LogP contribution in [0.25, 0.3) is 0 Å². The summed E-state index contributed by atoms with van der Waals surface area (Å²) in [7, 11) is 0. The average Bonchev–Trinajstić information content (AvgIpc) is 2.14. The van der Waals surface area contributed by atoms with Gasteiger partial charge in [0.15, 0.2) is 6.29 Å². The van der Waals surface area contributed by atoms with Crippen LogP contribution in [0.2, 0.25) is 0 Å². The predicted molar refractivity (Wildman–Crippen MR) is 66.4 cm³/mol. The van der Waals surface area contributed by atoms with E-state index in [0.29, 0.717) is 18.3 Å². The second-order valence-corrected chi connectivity index (χ2v) is 4.36. The maximum atomic E-state index is 10.2. The molecule has 0 rings (SSSR count). The highest BCUT2D eigenvalue weighted by Crippen LogP contribution is 2.15. The third kappa shape index (κ3) is 8.17. The highest BCUT2D eigenvalue weighted by molar-refractivity contribution is 5.51. The molecule has 15 heavy (non-hydrogen) atoms. The van der Waals surface area contributed by atoms with Crippen molar-refractivity contribution in [2.75, 3.05) is 0 Å². The lowest BCUT2D eigenvalue weighted by atomic mass is 9.97. The van der Waals surface area contributed by atoms with E-state index in [4.69, 9.17) is 0 Å². The molecule has 2 atom stereocenters. The molecule has 0 aliphatic carbocycles. The average molecular weight is 207 g/mol. The molecule has 0 spiro atoms. The van der Waals surface area contributed by atoms with Gasteiger partial charge in [0, 0.05) is 6.42 Å². The van der Waals surface area contributed by atoms with Crippen molar-refractivity contribution >= 4 is 6.29 Å². The molecule has 0 aromatic heterocycles. The maximum Gasteiger partial charge on any atom is 0.198 e. The molecule has 2 unspecified atom stereocenters. The summed E-state index contributed by atoms with van der Waals surface area (Å²) in [6.45, 7) is 8.56. The first-order valence-electron chi connectivity index (χ1n) is 5.79. The monoisotopic (exact) mass is 207 g/mol. The first kappa shape index (κ1) is 14.2. The van der Waals surface area contributed by atoms with Crippen molar-refractivity contribution in [2.45, 2.75) is 47.0 Å². The first-order chi connectivity index (χ1) is 7.10. The summed E-state index contributed by atoms with van der Waals surface area (Å²) in [4.78, 5) is 10.2. The minimum absolute atomic E-state index is 0.324. The summed E-state index contributed by atoms with van der Waals surface area (Å²) in [6.07, 6.45) is 11.3. The lowest BCUT2D eigenvalue weighted by Gasteiger charge is -2.08. The van der Waals surface area contributed by atoms with Crippen LogP contribution in [0.4, 0.5) is 0 Å². The third-order valence-electron chi connectivity index (χ3n) is 2.32. The van der Waals surface area contributed by atoms with Crippen molar-refractivity contribution in [2.24, 2.45) is 11.8 Å². The van der Waals surface area contributed by atoms with Crippen LogP contribution in [0.5, 0.6) is 0 Å². The maximum absolute atomic E-state index is 10.2. The zero-order chi connectivity index (χ0) is 11.7. The van der Waals surface area contributed by atoms with Crippen LogP contribution in [-0.2, 0) is 4.79 Å². The van der Waals surface area contributed by atoms with Gasteiger partial charge in [-0.25, -0.2) is 0 Å². The van der Waals surface area contributed by atoms with Gasteiger partial charge >= 0.3 is 0 Å². The molecule has 0 heterocycles. The van der Waals surface area contributed by atoms with E-state index in [0.717, 1.165) is 12.8 Å². The fourth-order valence-electron chi connectivity index (χ4n) is 1.69. The molecule has 85 valence electrons. The number of hydrogen-bond donors (Lipinski definition) is 0. The van der Waals surface area contributed by atoms with E-state index < -0.39 is 0 Å². The van der Waals surface area contributed by atoms with Gasteiger partial charge in [0.05, 0.1) is 0 Å². The van der Waals surface area contributed by atoms with Crippen LogP contribution in [0, 0.1) is 11.8 Å². The van der Waals surface area contributed by atoms with Gasteiger partial charge in [-0.05, 0) is 31.6 Å². The highest BCUT2D eigenvalue weighted by atomic mass is 16.1. The SMILES string of the molecule is CC/C=C/C(C)C/C(C)=C/C(C)C[C]=O. The normalized spacial score (nSPS) is 16.7. The van der Waals surface area contributed by atoms with Gasteiger partial charge < -0.3 is 0 Å². The van der Waals surface area contributed by atoms with E-state index >= 15 is 0 Å². The minimum Gasteiger partial charge on any atom is -0.291 e. The summed E-state index contributed by atoms with van der Waals surface area (Å²) in [5, 5.41) is 0. The van der Waals surface area contributed by atoms with Crippen LogP contribution in [0.1, 0.15) is 47.0 Å². The molecule has 1 heteroatoms. The summed E-state index contributed by atoms with van der Waals surface area (Å²) in [5.74, 6) is 0.915. The molecule has 1 radical (unpaired) electrons. The van der Waals surface area contributed by atoms with E-state index in [2.05, 4.69) is 45.9 Å². The van der Waals surface area contributed by atoms with Gasteiger partial charge in [-0.15, -0.1) is 0 Å². The van der Waals surface area contributed by atoms with E-state index in [1.807, 2.05) is 6.29 Å². The van der Waals surface area contributed by atoms with Gasteiger partial charge in [0.2, 0.25) is 0 Å². The van der Waals surface area contributed by atoms with E-state index in [1.165, 1.54) is 5.57 Å². The molecule has 0 amide bonds. The number of allylic oxidation sites excluding steroid dienone is 4. The Bertz CT molecular complexity index is 225. The summed E-state index contributed by atoms with van der Waals surface area (Å²) in [5.41, 5.74) is 1.37. The fourth-order valence-corrected chi connectivity index (χ4v) is 1.69. The summed E-state index contributed by atoms with van der Waals surface area (Å²) < 4.78 is 0. The summed E-state index contributed by atoms with van der Waals surface area (Å²) >= 11 is 0. The molecular weight excluding hydrogens is 184 g/mol. The number of hydrogen-bond acceptors (Lipinski definition) is 1. The van der Waals surface area contributed by atoms with Gasteiger partial charge in [-0.2, -0.15) is 0 Å². The second kappa shape index (κ2) is 8.46. The quantitative estimate of drug-likeness (QED) is 0.575. The topological polar surface area (TPSA) is 17.1 Å². The zero-order valence-electron chi connectivity index (χ0n) is 10.4. The van der Waals surface area contributed by atoms with Gasteiger partial charge in [-0.1, -0.05) is 44.6 Å². The van der Waals surface area contributed by atoms with Gasteiger partial charge in [-0.3, -0.25) is 4.79 Å². The fraction of sp³-hybridized carbons (Fsp3) is 0.643. The van der Waals surface area contributed by atoms with Crippen LogP contribution >= 0.6 is 0 Å². The highest BCUT2D eigenvalue weighted by Gasteiger charge is 2.01. The lowest BCUT2D eigenvalue weighted by molar-refractivity contribution is 0.541. The summed E-state index contributed by atoms with van der Waals surface area (Å²) in [6, 6.07) is 0. The molecule has 0 fully saturated rings. The molecule has 0 N–H and O–H groups in total. The Labute approximate surface area is 94.3 Å². The van der Waals surface area contributed by atoms with Gasteiger partial charge in [0.25, 0.3) is 0 Å². The van der Waals surface area contributed by atoms with Crippen LogP contribution in [-0.4, -0.2) is 6.29 Å². The molecule has 0 saturated carbocycles. The molecule has 0 aromatic carbocycles. The van der Waals surface area contributed by atoms with Gasteiger partial charge in [0.1, 0.15) is 0 Å². The van der Waals surface area contributed by atoms with Crippen LogP contribution in [0.15, 0.2) is 23.8 Å². The lowest BCUT2D eigenvalue weighted by Crippen LogP contribution is -1.95. The Kier molecular flexibility index (Phi) is 7.98. The van der Waals surface area contributed by atoms with Crippen LogP contribution < -0.4 is 0 Å². The van der Waals surface area contributed by atoms with E-state index in [1.54, 1.807) is 0 Å². The Morgan fingerprint density at radius 3 is 2.53 bits per heavy atom. The molecular formula is C14H23O. The van der Waals surface area contributed by atoms with Crippen LogP contribution in [0.3, 0.4) is 0 Å². The van der Waals surface area contributed by atoms with Crippen molar-refractivity contribution < 1.29 is 4.79 Å². The van der Waals surface area contributed by atoms with Crippen molar-refractivity contribution in [3.8, 4) is 0 Å². The molecule has 0 saturated heterocycles. The largest absolute Gasteiger partial charge is 0.291 e. The minimum atomic E-state index is 0.324. The zero-order valence-corrected chi connectivity index (χ0v) is 10.4. The second-order valence-electron chi connectivity index (χ2n) is 4.36. The smallest absolute Gasteiger partial charge is 0.198 e. The molecule has 0 aliphatic rings. The van der Waals surface area contributed by atoms with E-state index in [-0.39, 0.29) is 0 Å². The molecule has 0 bridgehead atoms. The number of rotatable bonds is 7. The van der Waals surface area contributed by atoms with Crippen molar-refractivity contribution in [3.63, 3.8) is 0 Å².